The van der Waals surface area contributed by atoms with E-state index in [0.717, 1.165) is 25.0 Å². The van der Waals surface area contributed by atoms with Gasteiger partial charge in [0.2, 0.25) is 0 Å². The third-order valence-corrected chi connectivity index (χ3v) is 2.22. The van der Waals surface area contributed by atoms with Gasteiger partial charge in [0.1, 0.15) is 0 Å². The maximum Gasteiger partial charge on any atom is 0.197 e. The summed E-state index contributed by atoms with van der Waals surface area (Å²) in [6.07, 6.45) is 3.33. The van der Waals surface area contributed by atoms with Crippen LogP contribution in [0.3, 0.4) is 0 Å². The van der Waals surface area contributed by atoms with Crippen molar-refractivity contribution in [2.75, 3.05) is 13.7 Å². The Hall–Kier alpha value is -0.510. The van der Waals surface area contributed by atoms with Crippen LogP contribution in [0.2, 0.25) is 5.22 Å². The van der Waals surface area contributed by atoms with Crippen molar-refractivity contribution >= 4 is 11.6 Å². The van der Waals surface area contributed by atoms with Crippen LogP contribution in [0.15, 0.2) is 16.7 Å². The van der Waals surface area contributed by atoms with E-state index in [1.807, 2.05) is 0 Å². The van der Waals surface area contributed by atoms with Crippen LogP contribution in [0.5, 0.6) is 0 Å². The monoisotopic (exact) mass is 203 g/mol. The quantitative estimate of drug-likeness (QED) is 0.748. The molecular formula is C9H14ClNO2. The van der Waals surface area contributed by atoms with Gasteiger partial charge < -0.3 is 14.9 Å². The second-order valence-electron chi connectivity index (χ2n) is 2.89. The summed E-state index contributed by atoms with van der Waals surface area (Å²) in [5, 5.41) is 0.393. The van der Waals surface area contributed by atoms with E-state index in [1.165, 1.54) is 0 Å². The summed E-state index contributed by atoms with van der Waals surface area (Å²) in [5.41, 5.74) is 6.75. The summed E-state index contributed by atoms with van der Waals surface area (Å²) in [4.78, 5) is 0. The maximum atomic E-state index is 5.88. The molecule has 0 saturated carbocycles. The second-order valence-corrected chi connectivity index (χ2v) is 3.23. The first-order valence-electron chi connectivity index (χ1n) is 4.23. The summed E-state index contributed by atoms with van der Waals surface area (Å²) in [6.45, 7) is 0.725. The molecule has 0 saturated heterocycles. The number of hydrogen-bond donors (Lipinski definition) is 1. The zero-order valence-electron chi connectivity index (χ0n) is 7.63. The van der Waals surface area contributed by atoms with E-state index in [4.69, 9.17) is 26.5 Å². The van der Waals surface area contributed by atoms with E-state index in [0.29, 0.717) is 5.22 Å². The standard InChI is InChI=1S/C9H14ClNO2/c1-12-5-2-3-8(11)7-4-6-13-9(7)10/h4,6,8H,2-3,5,11H2,1H3. The van der Waals surface area contributed by atoms with Gasteiger partial charge in [0.05, 0.1) is 6.26 Å². The number of halogens is 1. The van der Waals surface area contributed by atoms with Gasteiger partial charge in [-0.3, -0.25) is 0 Å². The van der Waals surface area contributed by atoms with Gasteiger partial charge >= 0.3 is 0 Å². The highest BCUT2D eigenvalue weighted by Gasteiger charge is 2.11. The smallest absolute Gasteiger partial charge is 0.197 e. The molecule has 1 aromatic heterocycles. The molecule has 1 atom stereocenters. The summed E-state index contributed by atoms with van der Waals surface area (Å²) < 4.78 is 9.87. The van der Waals surface area contributed by atoms with Gasteiger partial charge in [-0.15, -0.1) is 0 Å². The highest BCUT2D eigenvalue weighted by atomic mass is 35.5. The molecule has 0 fully saturated rings. The lowest BCUT2D eigenvalue weighted by Crippen LogP contribution is -2.10. The van der Waals surface area contributed by atoms with Crippen LogP contribution in [-0.2, 0) is 4.74 Å². The lowest BCUT2D eigenvalue weighted by atomic mass is 10.1. The van der Waals surface area contributed by atoms with Crippen molar-refractivity contribution in [3.63, 3.8) is 0 Å². The fourth-order valence-corrected chi connectivity index (χ4v) is 1.43. The van der Waals surface area contributed by atoms with Crippen LogP contribution in [0, 0.1) is 0 Å². The second kappa shape index (κ2) is 5.27. The third-order valence-electron chi connectivity index (χ3n) is 1.91. The van der Waals surface area contributed by atoms with Crippen LogP contribution in [0.25, 0.3) is 0 Å². The van der Waals surface area contributed by atoms with Crippen molar-refractivity contribution in [1.82, 2.24) is 0 Å². The van der Waals surface area contributed by atoms with Gasteiger partial charge in [0.25, 0.3) is 0 Å². The molecule has 0 bridgehead atoms. The molecule has 0 aliphatic carbocycles. The van der Waals surface area contributed by atoms with Crippen molar-refractivity contribution in [2.24, 2.45) is 5.73 Å². The summed E-state index contributed by atoms with van der Waals surface area (Å²) in [6, 6.07) is 1.75. The molecule has 0 spiro atoms. The lowest BCUT2D eigenvalue weighted by Gasteiger charge is -2.08. The molecule has 3 nitrogen and oxygen atoms in total. The Kier molecular flexibility index (Phi) is 4.28. The molecule has 1 unspecified atom stereocenters. The molecular weight excluding hydrogens is 190 g/mol. The Morgan fingerprint density at radius 1 is 1.69 bits per heavy atom. The minimum Gasteiger partial charge on any atom is -0.453 e. The van der Waals surface area contributed by atoms with Crippen LogP contribution >= 0.6 is 11.6 Å². The molecule has 0 aromatic carbocycles. The van der Waals surface area contributed by atoms with Gasteiger partial charge in [-0.2, -0.15) is 0 Å². The number of furan rings is 1. The fourth-order valence-electron chi connectivity index (χ4n) is 1.17. The van der Waals surface area contributed by atoms with Crippen LogP contribution in [0.4, 0.5) is 0 Å². The molecule has 0 aliphatic rings. The van der Waals surface area contributed by atoms with Gasteiger partial charge in [-0.1, -0.05) is 0 Å². The Morgan fingerprint density at radius 2 is 2.46 bits per heavy atom. The van der Waals surface area contributed by atoms with E-state index in [1.54, 1.807) is 19.4 Å². The molecule has 0 radical (unpaired) electrons. The summed E-state index contributed by atoms with van der Waals surface area (Å²) in [7, 11) is 1.68. The summed E-state index contributed by atoms with van der Waals surface area (Å²) in [5.74, 6) is 0. The van der Waals surface area contributed by atoms with E-state index < -0.39 is 0 Å². The average Bonchev–Trinajstić information content (AvgIpc) is 2.52. The molecule has 1 rings (SSSR count). The largest absolute Gasteiger partial charge is 0.453 e. The van der Waals surface area contributed by atoms with E-state index in [-0.39, 0.29) is 6.04 Å². The molecule has 4 heteroatoms. The highest BCUT2D eigenvalue weighted by Crippen LogP contribution is 2.25. The van der Waals surface area contributed by atoms with Gasteiger partial charge in [-0.05, 0) is 30.5 Å². The predicted octanol–water partition coefficient (Wildman–Crippen LogP) is 2.36. The van der Waals surface area contributed by atoms with Crippen LogP contribution < -0.4 is 5.73 Å². The van der Waals surface area contributed by atoms with Crippen molar-refractivity contribution in [2.45, 2.75) is 18.9 Å². The molecule has 1 heterocycles. The van der Waals surface area contributed by atoms with Crippen molar-refractivity contribution in [1.29, 1.82) is 0 Å². The van der Waals surface area contributed by atoms with Crippen LogP contribution in [-0.4, -0.2) is 13.7 Å². The van der Waals surface area contributed by atoms with Crippen molar-refractivity contribution in [3.8, 4) is 0 Å². The Bertz CT molecular complexity index is 250. The molecule has 2 N–H and O–H groups in total. The first kappa shape index (κ1) is 10.6. The van der Waals surface area contributed by atoms with Gasteiger partial charge in [0, 0.05) is 25.3 Å². The number of methoxy groups -OCH3 is 1. The van der Waals surface area contributed by atoms with Crippen molar-refractivity contribution < 1.29 is 9.15 Å². The Morgan fingerprint density at radius 3 is 3.00 bits per heavy atom. The molecule has 1 aromatic rings. The average molecular weight is 204 g/mol. The number of nitrogens with two attached hydrogens (primary N) is 1. The zero-order chi connectivity index (χ0) is 9.68. The number of ether oxygens (including phenoxy) is 1. The van der Waals surface area contributed by atoms with E-state index in [2.05, 4.69) is 0 Å². The fraction of sp³-hybridized carbons (Fsp3) is 0.556. The lowest BCUT2D eigenvalue weighted by molar-refractivity contribution is 0.190. The Balaban J connectivity index is 2.39. The topological polar surface area (TPSA) is 48.4 Å². The minimum atomic E-state index is -0.0543. The van der Waals surface area contributed by atoms with E-state index in [9.17, 15) is 0 Å². The summed E-state index contributed by atoms with van der Waals surface area (Å²) >= 11 is 5.77. The first-order valence-corrected chi connectivity index (χ1v) is 4.61. The van der Waals surface area contributed by atoms with E-state index >= 15 is 0 Å². The highest BCUT2D eigenvalue weighted by molar-refractivity contribution is 6.29. The predicted molar refractivity (Wildman–Crippen MR) is 51.8 cm³/mol. The molecule has 0 aliphatic heterocycles. The molecule has 74 valence electrons. The third kappa shape index (κ3) is 3.03. The van der Waals surface area contributed by atoms with Crippen LogP contribution in [0.1, 0.15) is 24.4 Å². The Labute approximate surface area is 82.8 Å². The zero-order valence-corrected chi connectivity index (χ0v) is 8.38. The number of hydrogen-bond acceptors (Lipinski definition) is 3. The SMILES string of the molecule is COCCCC(N)c1ccoc1Cl. The molecule has 13 heavy (non-hydrogen) atoms. The maximum absolute atomic E-state index is 5.88. The normalized spacial score (nSPS) is 13.2. The first-order chi connectivity index (χ1) is 6.25. The minimum absolute atomic E-state index is 0.0543. The molecule has 0 amide bonds. The van der Waals surface area contributed by atoms with Gasteiger partial charge in [0.15, 0.2) is 5.22 Å². The van der Waals surface area contributed by atoms with Crippen molar-refractivity contribution in [3.05, 3.63) is 23.1 Å². The van der Waals surface area contributed by atoms with Gasteiger partial charge in [-0.25, -0.2) is 0 Å². The number of rotatable bonds is 5.